The minimum absolute atomic E-state index is 0.155. The predicted octanol–water partition coefficient (Wildman–Crippen LogP) is 5.56. The number of nitrogens with one attached hydrogen (secondary N) is 1. The predicted molar refractivity (Wildman–Crippen MR) is 116 cm³/mol. The van der Waals surface area contributed by atoms with Crippen LogP contribution in [0.25, 0.3) is 11.1 Å². The third kappa shape index (κ3) is 3.79. The zero-order valence-corrected chi connectivity index (χ0v) is 16.8. The molecule has 1 aromatic heterocycles. The molecule has 1 spiro atoms. The summed E-state index contributed by atoms with van der Waals surface area (Å²) in [4.78, 5) is 13.9. The Kier molecular flexibility index (Phi) is 4.61. The number of ether oxygens (including phenoxy) is 1. The molecule has 5 rings (SSSR count). The fourth-order valence-electron chi connectivity index (χ4n) is 4.26. The topological polar surface area (TPSA) is 38.3 Å². The normalized spacial score (nSPS) is 22.8. The molecular weight excluding hydrogens is 378 g/mol. The highest BCUT2D eigenvalue weighted by Crippen LogP contribution is 2.44. The van der Waals surface area contributed by atoms with Crippen LogP contribution in [-0.4, -0.2) is 18.2 Å². The van der Waals surface area contributed by atoms with Crippen molar-refractivity contribution in [3.63, 3.8) is 0 Å². The highest BCUT2D eigenvalue weighted by molar-refractivity contribution is 7.12. The molecule has 2 atom stereocenters. The molecule has 1 aliphatic carbocycles. The third-order valence-corrected chi connectivity index (χ3v) is 6.97. The summed E-state index contributed by atoms with van der Waals surface area (Å²) in [7, 11) is 0. The Morgan fingerprint density at radius 1 is 0.966 bits per heavy atom. The third-order valence-electron chi connectivity index (χ3n) is 5.81. The van der Waals surface area contributed by atoms with Crippen molar-refractivity contribution in [1.29, 1.82) is 0 Å². The Labute approximate surface area is 174 Å². The minimum Gasteiger partial charge on any atom is -0.447 e. The number of hydrogen-bond donors (Lipinski definition) is 1. The van der Waals surface area contributed by atoms with Crippen molar-refractivity contribution in [3.8, 4) is 23.0 Å². The summed E-state index contributed by atoms with van der Waals surface area (Å²) in [6.07, 6.45) is 2.74. The molecule has 2 fully saturated rings. The SMILES string of the molecule is O=C1N[C@@]2(CC[C@H](c3ccc(C#Cc4ccc(-c5ccccc5)cc4)s3)C2)CO1. The monoisotopic (exact) mass is 399 g/mol. The van der Waals surface area contributed by atoms with Crippen LogP contribution in [0.4, 0.5) is 4.79 Å². The van der Waals surface area contributed by atoms with Gasteiger partial charge in [-0.1, -0.05) is 54.3 Å². The fourth-order valence-corrected chi connectivity index (χ4v) is 5.25. The molecule has 2 aliphatic rings. The van der Waals surface area contributed by atoms with Crippen LogP contribution in [0.5, 0.6) is 0 Å². The Balaban J connectivity index is 1.27. The molecule has 1 saturated heterocycles. The van der Waals surface area contributed by atoms with Gasteiger partial charge in [-0.25, -0.2) is 4.79 Å². The van der Waals surface area contributed by atoms with Crippen molar-refractivity contribution in [1.82, 2.24) is 5.32 Å². The van der Waals surface area contributed by atoms with Crippen molar-refractivity contribution >= 4 is 17.4 Å². The van der Waals surface area contributed by atoms with E-state index in [1.807, 2.05) is 6.07 Å². The molecule has 4 heteroatoms. The summed E-state index contributed by atoms with van der Waals surface area (Å²) in [5, 5.41) is 3.01. The lowest BCUT2D eigenvalue weighted by Crippen LogP contribution is -2.40. The first kappa shape index (κ1) is 18.0. The lowest BCUT2D eigenvalue weighted by atomic mass is 9.97. The number of amides is 1. The Morgan fingerprint density at radius 2 is 1.76 bits per heavy atom. The van der Waals surface area contributed by atoms with E-state index in [4.69, 9.17) is 4.74 Å². The van der Waals surface area contributed by atoms with Gasteiger partial charge in [0.15, 0.2) is 0 Å². The number of benzene rings is 2. The van der Waals surface area contributed by atoms with Gasteiger partial charge in [0, 0.05) is 10.4 Å². The van der Waals surface area contributed by atoms with Gasteiger partial charge in [-0.05, 0) is 60.6 Å². The standard InChI is InChI=1S/C25H21NO2S/c27-24-26-25(17-28-24)15-14-21(16-25)23-13-12-22(29-23)11-8-18-6-9-20(10-7-18)19-4-2-1-3-5-19/h1-7,9-10,12-13,21H,14-17H2,(H,26,27)/t21-,25+/m0/s1. The zero-order valence-electron chi connectivity index (χ0n) is 16.0. The van der Waals surface area contributed by atoms with Gasteiger partial charge in [-0.15, -0.1) is 11.3 Å². The number of rotatable bonds is 2. The van der Waals surface area contributed by atoms with Gasteiger partial charge in [-0.2, -0.15) is 0 Å². The van der Waals surface area contributed by atoms with Crippen LogP contribution in [0.1, 0.15) is 40.5 Å². The summed E-state index contributed by atoms with van der Waals surface area (Å²) in [6, 6.07) is 23.1. The molecule has 1 amide bonds. The van der Waals surface area contributed by atoms with E-state index in [2.05, 4.69) is 77.8 Å². The number of alkyl carbamates (subject to hydrolysis) is 1. The molecule has 0 unspecified atom stereocenters. The fraction of sp³-hybridized carbons (Fsp3) is 0.240. The van der Waals surface area contributed by atoms with Gasteiger partial charge in [0.1, 0.15) is 6.61 Å². The van der Waals surface area contributed by atoms with Crippen molar-refractivity contribution in [2.24, 2.45) is 0 Å². The number of carbonyl (C=O) groups is 1. The number of carbonyl (C=O) groups excluding carboxylic acids is 1. The van der Waals surface area contributed by atoms with E-state index >= 15 is 0 Å². The van der Waals surface area contributed by atoms with Gasteiger partial charge >= 0.3 is 6.09 Å². The molecule has 29 heavy (non-hydrogen) atoms. The van der Waals surface area contributed by atoms with Gasteiger partial charge in [0.2, 0.25) is 0 Å². The van der Waals surface area contributed by atoms with Crippen molar-refractivity contribution in [2.45, 2.75) is 30.7 Å². The van der Waals surface area contributed by atoms with Crippen LogP contribution in [0.2, 0.25) is 0 Å². The maximum Gasteiger partial charge on any atom is 0.407 e. The first-order valence-corrected chi connectivity index (χ1v) is 10.7. The smallest absolute Gasteiger partial charge is 0.407 e. The van der Waals surface area contributed by atoms with Crippen LogP contribution in [-0.2, 0) is 4.74 Å². The molecule has 144 valence electrons. The van der Waals surface area contributed by atoms with Gasteiger partial charge in [-0.3, -0.25) is 0 Å². The molecule has 0 radical (unpaired) electrons. The minimum atomic E-state index is -0.276. The second-order valence-electron chi connectivity index (χ2n) is 7.82. The van der Waals surface area contributed by atoms with Gasteiger partial charge in [0.05, 0.1) is 10.4 Å². The summed E-state index contributed by atoms with van der Waals surface area (Å²) in [5.41, 5.74) is 3.28. The molecule has 3 nitrogen and oxygen atoms in total. The van der Waals surface area contributed by atoms with E-state index in [9.17, 15) is 4.79 Å². The van der Waals surface area contributed by atoms with Crippen LogP contribution in [0.15, 0.2) is 66.7 Å². The van der Waals surface area contributed by atoms with Crippen molar-refractivity contribution in [3.05, 3.63) is 82.0 Å². The van der Waals surface area contributed by atoms with E-state index in [1.165, 1.54) is 16.0 Å². The maximum atomic E-state index is 11.4. The van der Waals surface area contributed by atoms with Crippen LogP contribution >= 0.6 is 11.3 Å². The van der Waals surface area contributed by atoms with Gasteiger partial charge in [0.25, 0.3) is 0 Å². The summed E-state index contributed by atoms with van der Waals surface area (Å²) in [6.45, 7) is 0.499. The number of thiophene rings is 1. The molecule has 1 aliphatic heterocycles. The Bertz CT molecular complexity index is 1090. The quantitative estimate of drug-likeness (QED) is 0.573. The van der Waals surface area contributed by atoms with E-state index in [0.717, 1.165) is 29.7 Å². The first-order chi connectivity index (χ1) is 14.2. The number of cyclic esters (lactones) is 1. The van der Waals surface area contributed by atoms with Gasteiger partial charge < -0.3 is 10.1 Å². The van der Waals surface area contributed by atoms with E-state index < -0.39 is 0 Å². The molecular formula is C25H21NO2S. The summed E-state index contributed by atoms with van der Waals surface area (Å²) < 4.78 is 5.14. The van der Waals surface area contributed by atoms with Crippen molar-refractivity contribution < 1.29 is 9.53 Å². The zero-order chi connectivity index (χ0) is 19.7. The lowest BCUT2D eigenvalue weighted by molar-refractivity contribution is 0.172. The molecule has 2 aromatic carbocycles. The Hall–Kier alpha value is -3.03. The molecule has 3 aromatic rings. The van der Waals surface area contributed by atoms with E-state index in [-0.39, 0.29) is 11.6 Å². The molecule has 1 saturated carbocycles. The summed E-state index contributed by atoms with van der Waals surface area (Å²) >= 11 is 1.77. The second kappa shape index (κ2) is 7.42. The van der Waals surface area contributed by atoms with E-state index in [1.54, 1.807) is 11.3 Å². The van der Waals surface area contributed by atoms with Crippen LogP contribution in [0, 0.1) is 11.8 Å². The molecule has 0 bridgehead atoms. The Morgan fingerprint density at radius 3 is 2.52 bits per heavy atom. The van der Waals surface area contributed by atoms with Crippen molar-refractivity contribution in [2.75, 3.05) is 6.61 Å². The highest BCUT2D eigenvalue weighted by Gasteiger charge is 2.46. The summed E-state index contributed by atoms with van der Waals surface area (Å²) in [5.74, 6) is 7.06. The average molecular weight is 400 g/mol. The van der Waals surface area contributed by atoms with Crippen LogP contribution < -0.4 is 5.32 Å². The largest absolute Gasteiger partial charge is 0.447 e. The number of hydrogen-bond acceptors (Lipinski definition) is 3. The van der Waals surface area contributed by atoms with E-state index in [0.29, 0.717) is 12.5 Å². The van der Waals surface area contributed by atoms with Crippen LogP contribution in [0.3, 0.4) is 0 Å². The maximum absolute atomic E-state index is 11.4. The molecule has 2 heterocycles. The highest BCUT2D eigenvalue weighted by atomic mass is 32.1. The lowest BCUT2D eigenvalue weighted by Gasteiger charge is -2.19. The first-order valence-electron chi connectivity index (χ1n) is 9.91. The molecule has 1 N–H and O–H groups in total. The average Bonchev–Trinajstić information content (AvgIpc) is 3.48. The second-order valence-corrected chi connectivity index (χ2v) is 8.93.